The first-order chi connectivity index (χ1) is 13.6. The minimum Gasteiger partial charge on any atom is -0.366 e. The van der Waals surface area contributed by atoms with Crippen molar-refractivity contribution in [2.45, 2.75) is 37.0 Å². The van der Waals surface area contributed by atoms with E-state index in [-0.39, 0.29) is 24.0 Å². The van der Waals surface area contributed by atoms with Crippen molar-refractivity contribution < 1.29 is 21.6 Å². The molecule has 0 saturated carbocycles. The van der Waals surface area contributed by atoms with Crippen molar-refractivity contribution in [1.82, 2.24) is 9.29 Å². The number of hydrogen-bond acceptors (Lipinski definition) is 5. The Balaban J connectivity index is 1.91. The lowest BCUT2D eigenvalue weighted by Crippen LogP contribution is -2.58. The summed E-state index contributed by atoms with van der Waals surface area (Å²) in [6.45, 7) is 3.79. The van der Waals surface area contributed by atoms with Gasteiger partial charge in [-0.3, -0.25) is 4.98 Å². The Morgan fingerprint density at radius 1 is 1.17 bits per heavy atom. The molecule has 10 heteroatoms. The molecule has 2 heterocycles. The second-order valence-electron chi connectivity index (χ2n) is 6.95. The Morgan fingerprint density at radius 2 is 1.90 bits per heavy atom. The summed E-state index contributed by atoms with van der Waals surface area (Å²) in [6.07, 6.45) is -1.90. The van der Waals surface area contributed by atoms with Crippen molar-refractivity contribution in [3.8, 4) is 6.07 Å². The molecular weight excluding hydrogens is 405 g/mol. The highest BCUT2D eigenvalue weighted by Crippen LogP contribution is 2.36. The molecule has 1 aliphatic rings. The van der Waals surface area contributed by atoms with E-state index in [0.29, 0.717) is 5.69 Å². The summed E-state index contributed by atoms with van der Waals surface area (Å²) in [7, 11) is -3.77. The van der Waals surface area contributed by atoms with E-state index < -0.39 is 33.4 Å². The van der Waals surface area contributed by atoms with Gasteiger partial charge < -0.3 is 4.90 Å². The third-order valence-corrected chi connectivity index (χ3v) is 6.89. The zero-order valence-corrected chi connectivity index (χ0v) is 16.6. The van der Waals surface area contributed by atoms with E-state index in [4.69, 9.17) is 5.26 Å². The highest BCUT2D eigenvalue weighted by molar-refractivity contribution is 7.89. The predicted molar refractivity (Wildman–Crippen MR) is 101 cm³/mol. The number of benzene rings is 1. The van der Waals surface area contributed by atoms with Crippen LogP contribution >= 0.6 is 0 Å². The molecule has 29 heavy (non-hydrogen) atoms. The quantitative estimate of drug-likeness (QED) is 0.756. The highest BCUT2D eigenvalue weighted by atomic mass is 32.2. The number of anilines is 1. The first kappa shape index (κ1) is 21.1. The van der Waals surface area contributed by atoms with Gasteiger partial charge in [-0.1, -0.05) is 0 Å². The average Bonchev–Trinajstić information content (AvgIpc) is 2.69. The molecule has 0 spiro atoms. The van der Waals surface area contributed by atoms with Crippen LogP contribution < -0.4 is 4.90 Å². The van der Waals surface area contributed by atoms with Gasteiger partial charge in [0.15, 0.2) is 0 Å². The van der Waals surface area contributed by atoms with Crippen molar-refractivity contribution >= 4 is 15.7 Å². The molecule has 2 aromatic rings. The van der Waals surface area contributed by atoms with Crippen LogP contribution in [-0.4, -0.2) is 42.9 Å². The van der Waals surface area contributed by atoms with Gasteiger partial charge in [0.05, 0.1) is 17.2 Å². The van der Waals surface area contributed by atoms with Gasteiger partial charge in [0.25, 0.3) is 0 Å². The van der Waals surface area contributed by atoms with Crippen LogP contribution in [0.2, 0.25) is 0 Å². The molecule has 0 amide bonds. The number of nitriles is 1. The fourth-order valence-corrected chi connectivity index (χ4v) is 5.14. The molecule has 1 saturated heterocycles. The first-order valence-electron chi connectivity index (χ1n) is 8.85. The van der Waals surface area contributed by atoms with E-state index in [1.807, 2.05) is 0 Å². The van der Waals surface area contributed by atoms with Gasteiger partial charge in [0.2, 0.25) is 10.0 Å². The second-order valence-corrected chi connectivity index (χ2v) is 8.84. The Bertz CT molecular complexity index is 1040. The van der Waals surface area contributed by atoms with Gasteiger partial charge in [-0.15, -0.1) is 0 Å². The number of halogens is 3. The molecule has 0 unspecified atom stereocenters. The molecule has 2 atom stereocenters. The van der Waals surface area contributed by atoms with Crippen LogP contribution in [0.1, 0.15) is 25.0 Å². The Kier molecular flexibility index (Phi) is 5.56. The summed E-state index contributed by atoms with van der Waals surface area (Å²) in [6, 6.07) is 7.28. The van der Waals surface area contributed by atoms with Crippen LogP contribution in [0.4, 0.5) is 18.9 Å². The summed E-state index contributed by atoms with van der Waals surface area (Å²) >= 11 is 0. The van der Waals surface area contributed by atoms with Crippen molar-refractivity contribution in [1.29, 1.82) is 5.26 Å². The zero-order valence-electron chi connectivity index (χ0n) is 15.8. The Labute approximate surface area is 167 Å². The van der Waals surface area contributed by atoms with Crippen molar-refractivity contribution in [2.24, 2.45) is 0 Å². The third kappa shape index (κ3) is 4.06. The number of alkyl halides is 3. The van der Waals surface area contributed by atoms with E-state index in [0.717, 1.165) is 12.1 Å². The average molecular weight is 424 g/mol. The number of nitrogens with zero attached hydrogens (tertiary/aromatic N) is 4. The minimum absolute atomic E-state index is 0.0743. The number of piperazine rings is 1. The molecule has 3 rings (SSSR count). The Hall–Kier alpha value is -2.64. The first-order valence-corrected chi connectivity index (χ1v) is 10.3. The number of pyridine rings is 1. The fourth-order valence-electron chi connectivity index (χ4n) is 3.47. The fraction of sp³-hybridized carbons (Fsp3) is 0.368. The SMILES string of the molecule is C[C@@H]1CN(c2ccc(C#N)c(C(F)(F)F)c2)[C@@H](C)CN1S(=O)(=O)c1cccnc1. The topological polar surface area (TPSA) is 77.3 Å². The molecular formula is C19H19F3N4O2S. The van der Waals surface area contributed by atoms with Crippen LogP contribution in [-0.2, 0) is 16.2 Å². The van der Waals surface area contributed by atoms with Gasteiger partial charge in [0, 0.05) is 43.3 Å². The Morgan fingerprint density at radius 3 is 2.48 bits per heavy atom. The lowest BCUT2D eigenvalue weighted by atomic mass is 10.0. The maximum atomic E-state index is 13.3. The molecule has 0 bridgehead atoms. The molecule has 1 fully saturated rings. The molecule has 0 radical (unpaired) electrons. The van der Waals surface area contributed by atoms with Crippen LogP contribution in [0.5, 0.6) is 0 Å². The van der Waals surface area contributed by atoms with Crippen LogP contribution in [0.25, 0.3) is 0 Å². The van der Waals surface area contributed by atoms with Gasteiger partial charge in [-0.2, -0.15) is 22.7 Å². The monoisotopic (exact) mass is 424 g/mol. The normalized spacial score (nSPS) is 21.0. The van der Waals surface area contributed by atoms with Gasteiger partial charge >= 0.3 is 6.18 Å². The van der Waals surface area contributed by atoms with Crippen molar-refractivity contribution in [3.63, 3.8) is 0 Å². The number of hydrogen-bond donors (Lipinski definition) is 0. The molecule has 1 aliphatic heterocycles. The summed E-state index contributed by atoms with van der Waals surface area (Å²) < 4.78 is 67.1. The van der Waals surface area contributed by atoms with Gasteiger partial charge in [-0.25, -0.2) is 8.42 Å². The number of aromatic nitrogens is 1. The van der Waals surface area contributed by atoms with E-state index in [9.17, 15) is 21.6 Å². The van der Waals surface area contributed by atoms with E-state index in [1.54, 1.807) is 24.8 Å². The number of rotatable bonds is 3. The van der Waals surface area contributed by atoms with Crippen LogP contribution in [0, 0.1) is 11.3 Å². The molecule has 1 aromatic carbocycles. The van der Waals surface area contributed by atoms with Crippen LogP contribution in [0.15, 0.2) is 47.6 Å². The lowest BCUT2D eigenvalue weighted by Gasteiger charge is -2.44. The van der Waals surface area contributed by atoms with Crippen molar-refractivity contribution in [2.75, 3.05) is 18.0 Å². The zero-order chi connectivity index (χ0) is 21.4. The van der Waals surface area contributed by atoms with Crippen LogP contribution in [0.3, 0.4) is 0 Å². The highest BCUT2D eigenvalue weighted by Gasteiger charge is 2.39. The predicted octanol–water partition coefficient (Wildman–Crippen LogP) is 3.26. The molecule has 0 N–H and O–H groups in total. The summed E-state index contributed by atoms with van der Waals surface area (Å²) in [5.74, 6) is 0. The second kappa shape index (κ2) is 7.65. The third-order valence-electron chi connectivity index (χ3n) is 4.93. The summed E-state index contributed by atoms with van der Waals surface area (Å²) in [5.41, 5.74) is -1.14. The number of sulfonamides is 1. The molecule has 6 nitrogen and oxygen atoms in total. The molecule has 154 valence electrons. The molecule has 0 aliphatic carbocycles. The summed E-state index contributed by atoms with van der Waals surface area (Å²) in [4.78, 5) is 5.66. The van der Waals surface area contributed by atoms with Crippen molar-refractivity contribution in [3.05, 3.63) is 53.9 Å². The van der Waals surface area contributed by atoms with E-state index in [2.05, 4.69) is 4.98 Å². The summed E-state index contributed by atoms with van der Waals surface area (Å²) in [5, 5.41) is 8.97. The lowest BCUT2D eigenvalue weighted by molar-refractivity contribution is -0.137. The van der Waals surface area contributed by atoms with E-state index >= 15 is 0 Å². The maximum absolute atomic E-state index is 13.3. The van der Waals surface area contributed by atoms with Gasteiger partial charge in [-0.05, 0) is 44.2 Å². The molecule has 1 aromatic heterocycles. The standard InChI is InChI=1S/C19H19F3N4O2S/c1-13-12-26(29(27,28)17-4-3-7-24-10-17)14(2)11-25(13)16-6-5-15(9-23)18(8-16)19(20,21)22/h3-8,10,13-14H,11-12H2,1-2H3/t13-,14+/m0/s1. The smallest absolute Gasteiger partial charge is 0.366 e. The largest absolute Gasteiger partial charge is 0.417 e. The minimum atomic E-state index is -4.65. The maximum Gasteiger partial charge on any atom is 0.417 e. The van der Waals surface area contributed by atoms with Gasteiger partial charge in [0.1, 0.15) is 4.90 Å². The van der Waals surface area contributed by atoms with E-state index in [1.165, 1.54) is 34.9 Å².